The van der Waals surface area contributed by atoms with Gasteiger partial charge < -0.3 is 14.8 Å². The Kier molecular flexibility index (Phi) is 3.32. The van der Waals surface area contributed by atoms with Crippen LogP contribution in [0.3, 0.4) is 0 Å². The van der Waals surface area contributed by atoms with E-state index in [9.17, 15) is 4.79 Å². The lowest BCUT2D eigenvalue weighted by atomic mass is 9.89. The van der Waals surface area contributed by atoms with Crippen LogP contribution in [0.4, 0.5) is 0 Å². The van der Waals surface area contributed by atoms with Crippen molar-refractivity contribution in [2.45, 2.75) is 32.1 Å². The number of benzene rings is 1. The van der Waals surface area contributed by atoms with Crippen molar-refractivity contribution in [2.24, 2.45) is 0 Å². The summed E-state index contributed by atoms with van der Waals surface area (Å²) in [5.41, 5.74) is 2.62. The average Bonchev–Trinajstić information content (AvgIpc) is 2.82. The molecule has 2 aliphatic rings. The van der Waals surface area contributed by atoms with E-state index in [0.29, 0.717) is 19.1 Å². The number of hydrogen-bond donors (Lipinski definition) is 1. The largest absolute Gasteiger partial charge is 0.493 e. The van der Waals surface area contributed by atoms with E-state index in [0.717, 1.165) is 37.4 Å². The summed E-state index contributed by atoms with van der Waals surface area (Å²) in [5.74, 6) is 2.41. The molecule has 0 unspecified atom stereocenters. The highest BCUT2D eigenvalue weighted by molar-refractivity contribution is 5.72. The van der Waals surface area contributed by atoms with Crippen LogP contribution >= 0.6 is 0 Å². The topological polar surface area (TPSA) is 47.6 Å². The lowest BCUT2D eigenvalue weighted by Crippen LogP contribution is -2.23. The van der Waals surface area contributed by atoms with E-state index in [1.54, 1.807) is 6.92 Å². The molecule has 4 heteroatoms. The minimum Gasteiger partial charge on any atom is -0.493 e. The van der Waals surface area contributed by atoms with E-state index < -0.39 is 0 Å². The molecule has 0 radical (unpaired) electrons. The third kappa shape index (κ3) is 2.39. The summed E-state index contributed by atoms with van der Waals surface area (Å²) >= 11 is 0. The Bertz CT molecular complexity index is 498. The summed E-state index contributed by atoms with van der Waals surface area (Å²) in [6.45, 7) is 3.77. The monoisotopic (exact) mass is 261 g/mol. The van der Waals surface area contributed by atoms with Gasteiger partial charge in [-0.25, -0.2) is 0 Å². The molecule has 2 aliphatic heterocycles. The Labute approximate surface area is 113 Å². The van der Waals surface area contributed by atoms with Crippen LogP contribution in [0, 0.1) is 0 Å². The molecule has 0 aliphatic carbocycles. The Morgan fingerprint density at radius 2 is 2.21 bits per heavy atom. The molecule has 1 atom stereocenters. The number of fused-ring (bicyclic) bond motifs is 3. The summed E-state index contributed by atoms with van der Waals surface area (Å²) in [4.78, 5) is 10.9. The molecule has 0 fully saturated rings. The highest BCUT2D eigenvalue weighted by atomic mass is 16.5. The number of ether oxygens (including phenoxy) is 2. The van der Waals surface area contributed by atoms with Crippen LogP contribution in [0.15, 0.2) is 12.1 Å². The van der Waals surface area contributed by atoms with Crippen molar-refractivity contribution < 1.29 is 14.3 Å². The molecule has 4 nitrogen and oxygen atoms in total. The highest BCUT2D eigenvalue weighted by Gasteiger charge is 2.29. The third-order valence-corrected chi connectivity index (χ3v) is 3.82. The van der Waals surface area contributed by atoms with Crippen molar-refractivity contribution in [3.8, 4) is 11.5 Å². The van der Waals surface area contributed by atoms with Gasteiger partial charge in [0, 0.05) is 30.5 Å². The number of carbonyl (C=O) groups is 1. The van der Waals surface area contributed by atoms with Gasteiger partial charge in [0.15, 0.2) is 0 Å². The quantitative estimate of drug-likeness (QED) is 0.905. The maximum Gasteiger partial charge on any atom is 0.216 e. The second kappa shape index (κ2) is 5.11. The van der Waals surface area contributed by atoms with Crippen molar-refractivity contribution in [2.75, 3.05) is 19.8 Å². The van der Waals surface area contributed by atoms with Gasteiger partial charge in [-0.3, -0.25) is 4.79 Å². The van der Waals surface area contributed by atoms with Crippen LogP contribution in [0.25, 0.3) is 0 Å². The normalized spacial score (nSPS) is 19.9. The van der Waals surface area contributed by atoms with E-state index in [2.05, 4.69) is 5.32 Å². The zero-order valence-corrected chi connectivity index (χ0v) is 11.2. The maximum absolute atomic E-state index is 10.9. The van der Waals surface area contributed by atoms with Crippen molar-refractivity contribution >= 4 is 5.91 Å². The van der Waals surface area contributed by atoms with E-state index in [1.165, 1.54) is 11.1 Å². The Balaban J connectivity index is 1.80. The molecule has 102 valence electrons. The maximum atomic E-state index is 10.9. The molecule has 0 spiro atoms. The van der Waals surface area contributed by atoms with Gasteiger partial charge in [0.05, 0.1) is 13.2 Å². The van der Waals surface area contributed by atoms with Crippen molar-refractivity contribution in [3.05, 3.63) is 23.3 Å². The van der Waals surface area contributed by atoms with Gasteiger partial charge in [-0.1, -0.05) is 0 Å². The van der Waals surface area contributed by atoms with Gasteiger partial charge in [-0.05, 0) is 31.4 Å². The van der Waals surface area contributed by atoms with E-state index in [1.807, 2.05) is 12.1 Å². The minimum absolute atomic E-state index is 0.0255. The number of carbonyl (C=O) groups excluding carboxylic acids is 1. The minimum atomic E-state index is 0.0255. The van der Waals surface area contributed by atoms with Crippen LogP contribution < -0.4 is 14.8 Å². The number of amides is 1. The van der Waals surface area contributed by atoms with E-state index in [4.69, 9.17) is 9.47 Å². The first-order chi connectivity index (χ1) is 9.25. The average molecular weight is 261 g/mol. The standard InChI is InChI=1S/C15H19NO3/c1-10(17)16-7-6-11-9-19-14-5-4-13-12(15(11)14)3-2-8-18-13/h4-5,11H,2-3,6-9H2,1H3,(H,16,17)/t11-/m0/s1. The van der Waals surface area contributed by atoms with Crippen molar-refractivity contribution in [1.82, 2.24) is 5.32 Å². The number of hydrogen-bond acceptors (Lipinski definition) is 3. The lowest BCUT2D eigenvalue weighted by Gasteiger charge is -2.21. The van der Waals surface area contributed by atoms with Gasteiger partial charge >= 0.3 is 0 Å². The zero-order valence-electron chi connectivity index (χ0n) is 11.2. The molecule has 0 saturated heterocycles. The molecule has 19 heavy (non-hydrogen) atoms. The molecule has 0 bridgehead atoms. The Hall–Kier alpha value is -1.71. The summed E-state index contributed by atoms with van der Waals surface area (Å²) in [5, 5.41) is 2.86. The number of nitrogens with one attached hydrogen (secondary N) is 1. The lowest BCUT2D eigenvalue weighted by molar-refractivity contribution is -0.118. The van der Waals surface area contributed by atoms with Gasteiger partial charge in [0.25, 0.3) is 0 Å². The first-order valence-corrected chi connectivity index (χ1v) is 6.91. The fraction of sp³-hybridized carbons (Fsp3) is 0.533. The molecule has 1 N–H and O–H groups in total. The fourth-order valence-electron chi connectivity index (χ4n) is 2.94. The van der Waals surface area contributed by atoms with Crippen molar-refractivity contribution in [3.63, 3.8) is 0 Å². The molecule has 0 aromatic heterocycles. The van der Waals surface area contributed by atoms with Crippen LogP contribution in [0.1, 0.15) is 36.8 Å². The zero-order chi connectivity index (χ0) is 13.2. The molecule has 0 saturated carbocycles. The summed E-state index contributed by atoms with van der Waals surface area (Å²) in [7, 11) is 0. The molecular weight excluding hydrogens is 242 g/mol. The first-order valence-electron chi connectivity index (χ1n) is 6.91. The third-order valence-electron chi connectivity index (χ3n) is 3.82. The van der Waals surface area contributed by atoms with Gasteiger partial charge in [-0.2, -0.15) is 0 Å². The molecule has 1 aromatic rings. The Morgan fingerprint density at radius 3 is 3.05 bits per heavy atom. The highest BCUT2D eigenvalue weighted by Crippen LogP contribution is 2.43. The predicted molar refractivity (Wildman–Crippen MR) is 71.8 cm³/mol. The second-order valence-corrected chi connectivity index (χ2v) is 5.19. The van der Waals surface area contributed by atoms with Gasteiger partial charge in [0.2, 0.25) is 5.91 Å². The molecule has 1 amide bonds. The molecule has 3 rings (SSSR count). The van der Waals surface area contributed by atoms with E-state index >= 15 is 0 Å². The predicted octanol–water partition coefficient (Wildman–Crippen LogP) is 2.01. The molecular formula is C15H19NO3. The summed E-state index contributed by atoms with van der Waals surface area (Å²) < 4.78 is 11.5. The molecule has 2 heterocycles. The smallest absolute Gasteiger partial charge is 0.216 e. The fourth-order valence-corrected chi connectivity index (χ4v) is 2.94. The summed E-state index contributed by atoms with van der Waals surface area (Å²) in [6.07, 6.45) is 3.06. The Morgan fingerprint density at radius 1 is 1.37 bits per heavy atom. The van der Waals surface area contributed by atoms with Gasteiger partial charge in [0.1, 0.15) is 11.5 Å². The van der Waals surface area contributed by atoms with Crippen LogP contribution in [-0.4, -0.2) is 25.7 Å². The van der Waals surface area contributed by atoms with E-state index in [-0.39, 0.29) is 5.91 Å². The van der Waals surface area contributed by atoms with Gasteiger partial charge in [-0.15, -0.1) is 0 Å². The van der Waals surface area contributed by atoms with Crippen LogP contribution in [0.2, 0.25) is 0 Å². The molecule has 1 aromatic carbocycles. The van der Waals surface area contributed by atoms with Crippen LogP contribution in [-0.2, 0) is 11.2 Å². The SMILES string of the molecule is CC(=O)NCC[C@H]1COc2ccc3c(c21)CCCO3. The van der Waals surface area contributed by atoms with Crippen molar-refractivity contribution in [1.29, 1.82) is 0 Å². The second-order valence-electron chi connectivity index (χ2n) is 5.19. The summed E-state index contributed by atoms with van der Waals surface area (Å²) in [6, 6.07) is 4.03. The first kappa shape index (κ1) is 12.3. The number of rotatable bonds is 3. The van der Waals surface area contributed by atoms with Crippen LogP contribution in [0.5, 0.6) is 11.5 Å².